The molecule has 0 aliphatic carbocycles. The van der Waals surface area contributed by atoms with E-state index < -0.39 is 0 Å². The van der Waals surface area contributed by atoms with Crippen LogP contribution in [-0.2, 0) is 0 Å². The van der Waals surface area contributed by atoms with E-state index in [9.17, 15) is 0 Å². The minimum absolute atomic E-state index is 0.302. The van der Waals surface area contributed by atoms with Crippen LogP contribution in [0.4, 0.5) is 5.95 Å². The van der Waals surface area contributed by atoms with Gasteiger partial charge in [0, 0.05) is 51.0 Å². The van der Waals surface area contributed by atoms with E-state index in [2.05, 4.69) is 31.8 Å². The topological polar surface area (TPSA) is 50.1 Å². The molecule has 6 heteroatoms. The van der Waals surface area contributed by atoms with Crippen LogP contribution in [-0.4, -0.2) is 50.8 Å². The molecule has 1 aliphatic heterocycles. The second-order valence-corrected chi connectivity index (χ2v) is 5.18. The molecule has 111 valence electrons. The number of hydrogen-bond acceptors (Lipinski definition) is 5. The van der Waals surface area contributed by atoms with Crippen molar-refractivity contribution >= 4 is 5.95 Å². The van der Waals surface area contributed by atoms with Crippen LogP contribution in [0.2, 0.25) is 0 Å². The minimum atomic E-state index is 0.302. The maximum absolute atomic E-state index is 4.40. The third-order valence-corrected chi connectivity index (χ3v) is 3.86. The maximum atomic E-state index is 4.40. The van der Waals surface area contributed by atoms with E-state index in [1.807, 2.05) is 29.2 Å². The van der Waals surface area contributed by atoms with Crippen molar-refractivity contribution in [2.75, 3.05) is 31.1 Å². The molecule has 1 saturated heterocycles. The average Bonchev–Trinajstić information content (AvgIpc) is 3.08. The first-order valence-electron chi connectivity index (χ1n) is 7.43. The molecule has 21 heavy (non-hydrogen) atoms. The van der Waals surface area contributed by atoms with Gasteiger partial charge in [0.15, 0.2) is 0 Å². The third kappa shape index (κ3) is 3.21. The molecule has 0 amide bonds. The number of piperazine rings is 1. The molecule has 0 spiro atoms. The Balaban J connectivity index is 1.64. The summed E-state index contributed by atoms with van der Waals surface area (Å²) in [5, 5.41) is 4.40. The SMILES string of the molecule is [CH2]CCC(N1CCN(c2ncccn2)CC1)n1cccn1. The largest absolute Gasteiger partial charge is 0.338 e. The van der Waals surface area contributed by atoms with Gasteiger partial charge in [0.05, 0.1) is 0 Å². The summed E-state index contributed by atoms with van der Waals surface area (Å²) >= 11 is 0. The van der Waals surface area contributed by atoms with E-state index in [0.717, 1.165) is 45.0 Å². The fourth-order valence-electron chi connectivity index (χ4n) is 2.80. The summed E-state index contributed by atoms with van der Waals surface area (Å²) in [6, 6.07) is 3.83. The summed E-state index contributed by atoms with van der Waals surface area (Å²) in [4.78, 5) is 13.4. The van der Waals surface area contributed by atoms with Crippen molar-refractivity contribution in [1.82, 2.24) is 24.6 Å². The maximum Gasteiger partial charge on any atom is 0.225 e. The Morgan fingerprint density at radius 2 is 1.81 bits per heavy atom. The van der Waals surface area contributed by atoms with Crippen LogP contribution < -0.4 is 4.90 Å². The van der Waals surface area contributed by atoms with Crippen LogP contribution in [0.15, 0.2) is 36.9 Å². The van der Waals surface area contributed by atoms with Crippen molar-refractivity contribution < 1.29 is 0 Å². The van der Waals surface area contributed by atoms with Gasteiger partial charge in [-0.05, 0) is 25.0 Å². The molecule has 0 saturated carbocycles. The first kappa shape index (κ1) is 14.0. The van der Waals surface area contributed by atoms with E-state index in [1.54, 1.807) is 12.4 Å². The highest BCUT2D eigenvalue weighted by Gasteiger charge is 2.25. The van der Waals surface area contributed by atoms with Crippen molar-refractivity contribution in [2.45, 2.75) is 19.0 Å². The van der Waals surface area contributed by atoms with E-state index in [-0.39, 0.29) is 0 Å². The molecule has 3 heterocycles. The molecule has 1 unspecified atom stereocenters. The van der Waals surface area contributed by atoms with Gasteiger partial charge in [-0.25, -0.2) is 9.97 Å². The zero-order valence-corrected chi connectivity index (χ0v) is 12.2. The van der Waals surface area contributed by atoms with Gasteiger partial charge in [-0.15, -0.1) is 0 Å². The van der Waals surface area contributed by atoms with Crippen molar-refractivity contribution in [1.29, 1.82) is 0 Å². The lowest BCUT2D eigenvalue weighted by molar-refractivity contribution is 0.111. The van der Waals surface area contributed by atoms with Gasteiger partial charge in [-0.2, -0.15) is 5.10 Å². The highest BCUT2D eigenvalue weighted by Crippen LogP contribution is 2.21. The second-order valence-electron chi connectivity index (χ2n) is 5.18. The Morgan fingerprint density at radius 3 is 2.43 bits per heavy atom. The minimum Gasteiger partial charge on any atom is -0.338 e. The molecule has 2 aromatic rings. The average molecular weight is 285 g/mol. The Hall–Kier alpha value is -1.95. The van der Waals surface area contributed by atoms with Crippen LogP contribution in [0.25, 0.3) is 0 Å². The van der Waals surface area contributed by atoms with Crippen LogP contribution in [0.5, 0.6) is 0 Å². The van der Waals surface area contributed by atoms with E-state index in [4.69, 9.17) is 0 Å². The van der Waals surface area contributed by atoms with Crippen LogP contribution in [0.1, 0.15) is 19.0 Å². The van der Waals surface area contributed by atoms with Gasteiger partial charge in [0.1, 0.15) is 6.17 Å². The van der Waals surface area contributed by atoms with Gasteiger partial charge >= 0.3 is 0 Å². The Bertz CT molecular complexity index is 518. The summed E-state index contributed by atoms with van der Waals surface area (Å²) < 4.78 is 2.04. The van der Waals surface area contributed by atoms with Crippen LogP contribution >= 0.6 is 0 Å². The summed E-state index contributed by atoms with van der Waals surface area (Å²) in [5.74, 6) is 0.824. The summed E-state index contributed by atoms with van der Waals surface area (Å²) in [6.45, 7) is 7.86. The van der Waals surface area contributed by atoms with Crippen molar-refractivity contribution in [2.24, 2.45) is 0 Å². The summed E-state index contributed by atoms with van der Waals surface area (Å²) in [5.41, 5.74) is 0. The smallest absolute Gasteiger partial charge is 0.225 e. The van der Waals surface area contributed by atoms with Crippen molar-refractivity contribution in [3.63, 3.8) is 0 Å². The Kier molecular flexibility index (Phi) is 4.45. The predicted molar refractivity (Wildman–Crippen MR) is 81.7 cm³/mol. The predicted octanol–water partition coefficient (Wildman–Crippen LogP) is 1.61. The number of hydrogen-bond donors (Lipinski definition) is 0. The van der Waals surface area contributed by atoms with Gasteiger partial charge in [-0.1, -0.05) is 6.92 Å². The molecular formula is C15H21N6. The summed E-state index contributed by atoms with van der Waals surface area (Å²) in [7, 11) is 0. The number of aromatic nitrogens is 4. The fourth-order valence-corrected chi connectivity index (χ4v) is 2.80. The van der Waals surface area contributed by atoms with E-state index in [1.165, 1.54) is 0 Å². The first-order valence-corrected chi connectivity index (χ1v) is 7.43. The molecule has 1 atom stereocenters. The van der Waals surface area contributed by atoms with Crippen molar-refractivity contribution in [3.8, 4) is 0 Å². The van der Waals surface area contributed by atoms with Gasteiger partial charge < -0.3 is 4.90 Å². The lowest BCUT2D eigenvalue weighted by Crippen LogP contribution is -2.49. The van der Waals surface area contributed by atoms with Gasteiger partial charge in [-0.3, -0.25) is 9.58 Å². The van der Waals surface area contributed by atoms with Crippen LogP contribution in [0, 0.1) is 6.92 Å². The quantitative estimate of drug-likeness (QED) is 0.835. The monoisotopic (exact) mass is 285 g/mol. The first-order chi connectivity index (χ1) is 10.4. The third-order valence-electron chi connectivity index (χ3n) is 3.86. The Morgan fingerprint density at radius 1 is 1.05 bits per heavy atom. The van der Waals surface area contributed by atoms with E-state index in [0.29, 0.717) is 6.17 Å². The van der Waals surface area contributed by atoms with Gasteiger partial charge in [0.2, 0.25) is 5.95 Å². The summed E-state index contributed by atoms with van der Waals surface area (Å²) in [6.07, 6.45) is 9.69. The molecule has 1 radical (unpaired) electrons. The molecule has 6 nitrogen and oxygen atoms in total. The normalized spacial score (nSPS) is 17.9. The number of anilines is 1. The molecule has 2 aromatic heterocycles. The zero-order chi connectivity index (χ0) is 14.5. The second kappa shape index (κ2) is 6.67. The molecule has 1 fully saturated rings. The standard InChI is InChI=1S/C15H21N6/c1-2-5-14(21-9-4-8-18-21)19-10-12-20(13-11-19)15-16-6-3-7-17-15/h3-4,6-9,14H,1-2,5,10-13H2. The van der Waals surface area contributed by atoms with Gasteiger partial charge in [0.25, 0.3) is 0 Å². The molecular weight excluding hydrogens is 264 g/mol. The lowest BCUT2D eigenvalue weighted by Gasteiger charge is -2.39. The highest BCUT2D eigenvalue weighted by atomic mass is 15.4. The zero-order valence-electron chi connectivity index (χ0n) is 12.2. The molecule has 0 N–H and O–H groups in total. The van der Waals surface area contributed by atoms with Crippen molar-refractivity contribution in [3.05, 3.63) is 43.8 Å². The van der Waals surface area contributed by atoms with E-state index >= 15 is 0 Å². The Labute approximate surface area is 125 Å². The van der Waals surface area contributed by atoms with Crippen LogP contribution in [0.3, 0.4) is 0 Å². The molecule has 0 aromatic carbocycles. The lowest BCUT2D eigenvalue weighted by atomic mass is 10.2. The molecule has 3 rings (SSSR count). The molecule has 1 aliphatic rings. The number of nitrogens with zero attached hydrogens (tertiary/aromatic N) is 6. The fraction of sp³-hybridized carbons (Fsp3) is 0.467. The highest BCUT2D eigenvalue weighted by molar-refractivity contribution is 5.29. The molecule has 0 bridgehead atoms. The number of rotatable bonds is 5.